The van der Waals surface area contributed by atoms with Gasteiger partial charge in [-0.3, -0.25) is 0 Å². The first kappa shape index (κ1) is 13.7. The van der Waals surface area contributed by atoms with Gasteiger partial charge in [0, 0.05) is 0 Å². The molecule has 2 aromatic rings. The molecule has 0 spiro atoms. The van der Waals surface area contributed by atoms with E-state index in [4.69, 9.17) is 10.2 Å². The van der Waals surface area contributed by atoms with Crippen LogP contribution in [0.3, 0.4) is 0 Å². The number of fused-ring (bicyclic) bond motifs is 1. The van der Waals surface area contributed by atoms with Crippen molar-refractivity contribution in [3.63, 3.8) is 0 Å². The first-order valence-corrected chi connectivity index (χ1v) is 4.58. The molecule has 82 valence electrons. The van der Waals surface area contributed by atoms with Gasteiger partial charge in [-0.25, -0.2) is 9.59 Å². The number of carbonyl (C=O) groups is 2. The van der Waals surface area contributed by atoms with Gasteiger partial charge in [0.15, 0.2) is 0 Å². The first-order valence-electron chi connectivity index (χ1n) is 4.58. The number of carboxylic acids is 2. The zero-order valence-electron chi connectivity index (χ0n) is 10.2. The minimum atomic E-state index is -0.996. The fourth-order valence-electron chi connectivity index (χ4n) is 1.51. The summed E-state index contributed by atoms with van der Waals surface area (Å²) in [6.07, 6.45) is 0. The van der Waals surface area contributed by atoms with Crippen molar-refractivity contribution in [3.05, 3.63) is 47.5 Å². The maximum atomic E-state index is 10.7. The van der Waals surface area contributed by atoms with Crippen LogP contribution in [0.4, 0.5) is 0 Å². The molecule has 0 amide bonds. The summed E-state index contributed by atoms with van der Waals surface area (Å²) in [5.41, 5.74) is 0.381. The van der Waals surface area contributed by atoms with Gasteiger partial charge in [0.1, 0.15) is 0 Å². The molecular formula is C12H9NaO4. The van der Waals surface area contributed by atoms with E-state index in [1.807, 2.05) is 0 Å². The normalized spacial score (nSPS) is 9.65. The third kappa shape index (κ3) is 2.85. The Morgan fingerprint density at radius 2 is 1.18 bits per heavy atom. The summed E-state index contributed by atoms with van der Waals surface area (Å²) in [6.45, 7) is 0. The minimum absolute atomic E-state index is 0. The number of hydrogen-bond donors (Lipinski definition) is 2. The number of aromatic carboxylic acids is 2. The third-order valence-electron chi connectivity index (χ3n) is 2.33. The standard InChI is InChI=1S/C12H8O4.Na.H/c13-11(14)9-3-1-7-5-10(12(15)16)4-2-8(7)6-9;;/h1-6H,(H,13,14)(H,15,16);;/q;+1;-1. The molecule has 2 rings (SSSR count). The molecular weight excluding hydrogens is 231 g/mol. The molecule has 4 nitrogen and oxygen atoms in total. The molecule has 0 saturated carbocycles. The zero-order valence-corrected chi connectivity index (χ0v) is 11.2. The van der Waals surface area contributed by atoms with E-state index in [9.17, 15) is 9.59 Å². The Bertz CT molecular complexity index is 544. The van der Waals surface area contributed by atoms with Gasteiger partial charge in [0.2, 0.25) is 0 Å². The Kier molecular flexibility index (Phi) is 4.28. The average Bonchev–Trinajstić information content (AvgIpc) is 2.27. The molecule has 0 bridgehead atoms. The van der Waals surface area contributed by atoms with Crippen LogP contribution in [0.5, 0.6) is 0 Å². The van der Waals surface area contributed by atoms with E-state index in [0.29, 0.717) is 10.8 Å². The summed E-state index contributed by atoms with van der Waals surface area (Å²) in [6, 6.07) is 9.15. The second kappa shape index (κ2) is 5.31. The van der Waals surface area contributed by atoms with Crippen LogP contribution in [-0.2, 0) is 0 Å². The van der Waals surface area contributed by atoms with Crippen molar-refractivity contribution in [3.8, 4) is 0 Å². The Labute approximate surface area is 121 Å². The molecule has 0 heterocycles. The van der Waals surface area contributed by atoms with Crippen molar-refractivity contribution in [1.29, 1.82) is 0 Å². The van der Waals surface area contributed by atoms with Crippen molar-refractivity contribution in [2.75, 3.05) is 0 Å². The van der Waals surface area contributed by atoms with Crippen molar-refractivity contribution < 1.29 is 50.8 Å². The molecule has 17 heavy (non-hydrogen) atoms. The number of hydrogen-bond acceptors (Lipinski definition) is 2. The van der Waals surface area contributed by atoms with Crippen LogP contribution in [0.2, 0.25) is 0 Å². The summed E-state index contributed by atoms with van der Waals surface area (Å²) in [5.74, 6) is -1.99. The number of benzene rings is 2. The van der Waals surface area contributed by atoms with Gasteiger partial charge in [-0.15, -0.1) is 0 Å². The molecule has 2 aromatic carbocycles. The van der Waals surface area contributed by atoms with E-state index in [1.54, 1.807) is 12.1 Å². The summed E-state index contributed by atoms with van der Waals surface area (Å²) < 4.78 is 0. The largest absolute Gasteiger partial charge is 1.00 e. The van der Waals surface area contributed by atoms with E-state index in [2.05, 4.69) is 0 Å². The second-order valence-electron chi connectivity index (χ2n) is 3.39. The third-order valence-corrected chi connectivity index (χ3v) is 2.33. The molecule has 0 aromatic heterocycles. The quantitative estimate of drug-likeness (QED) is 0.684. The molecule has 0 aliphatic carbocycles. The van der Waals surface area contributed by atoms with E-state index >= 15 is 0 Å². The van der Waals surface area contributed by atoms with Crippen LogP contribution in [0.15, 0.2) is 36.4 Å². The van der Waals surface area contributed by atoms with Gasteiger partial charge in [0.05, 0.1) is 11.1 Å². The Balaban J connectivity index is 0.00000144. The van der Waals surface area contributed by atoms with Crippen LogP contribution >= 0.6 is 0 Å². The fraction of sp³-hybridized carbons (Fsp3) is 0. The van der Waals surface area contributed by atoms with Gasteiger partial charge in [-0.2, -0.15) is 0 Å². The van der Waals surface area contributed by atoms with Gasteiger partial charge < -0.3 is 11.6 Å². The second-order valence-corrected chi connectivity index (χ2v) is 3.39. The van der Waals surface area contributed by atoms with Crippen molar-refractivity contribution in [2.45, 2.75) is 0 Å². The molecule has 2 N–H and O–H groups in total. The van der Waals surface area contributed by atoms with Crippen LogP contribution in [0.1, 0.15) is 22.1 Å². The average molecular weight is 240 g/mol. The summed E-state index contributed by atoms with van der Waals surface area (Å²) in [5, 5.41) is 19.0. The van der Waals surface area contributed by atoms with Crippen LogP contribution in [0, 0.1) is 0 Å². The molecule has 0 radical (unpaired) electrons. The van der Waals surface area contributed by atoms with E-state index < -0.39 is 11.9 Å². The van der Waals surface area contributed by atoms with E-state index in [1.165, 1.54) is 24.3 Å². The van der Waals surface area contributed by atoms with Gasteiger partial charge in [-0.05, 0) is 35.0 Å². The van der Waals surface area contributed by atoms with Gasteiger partial charge >= 0.3 is 41.5 Å². The SMILES string of the molecule is O=C(O)c1ccc2cc(C(=O)O)ccc2c1.[H-].[Na+]. The molecule has 0 fully saturated rings. The van der Waals surface area contributed by atoms with Gasteiger partial charge in [-0.1, -0.05) is 12.1 Å². The number of carboxylic acid groups (broad SMARTS) is 2. The maximum Gasteiger partial charge on any atom is 1.00 e. The summed E-state index contributed by atoms with van der Waals surface area (Å²) in [4.78, 5) is 21.5. The smallest absolute Gasteiger partial charge is 1.00 e. The minimum Gasteiger partial charge on any atom is -1.00 e. The van der Waals surface area contributed by atoms with Crippen LogP contribution in [-0.4, -0.2) is 22.2 Å². The van der Waals surface area contributed by atoms with E-state index in [-0.39, 0.29) is 42.1 Å². The van der Waals surface area contributed by atoms with E-state index in [0.717, 1.165) is 0 Å². The topological polar surface area (TPSA) is 74.6 Å². The fourth-order valence-corrected chi connectivity index (χ4v) is 1.51. The van der Waals surface area contributed by atoms with Crippen LogP contribution < -0.4 is 29.6 Å². The van der Waals surface area contributed by atoms with Gasteiger partial charge in [0.25, 0.3) is 0 Å². The maximum absolute atomic E-state index is 10.7. The molecule has 5 heteroatoms. The van der Waals surface area contributed by atoms with Crippen molar-refractivity contribution in [1.82, 2.24) is 0 Å². The Morgan fingerprint density at radius 3 is 1.47 bits per heavy atom. The number of rotatable bonds is 2. The zero-order chi connectivity index (χ0) is 11.7. The molecule has 0 aliphatic heterocycles. The monoisotopic (exact) mass is 240 g/mol. The Morgan fingerprint density at radius 1 is 0.824 bits per heavy atom. The summed E-state index contributed by atoms with van der Waals surface area (Å²) >= 11 is 0. The Hall–Kier alpha value is -1.36. The predicted octanol–water partition coefficient (Wildman–Crippen LogP) is -0.647. The molecule has 0 saturated heterocycles. The molecule has 0 atom stereocenters. The molecule has 0 unspecified atom stereocenters. The summed E-state index contributed by atoms with van der Waals surface area (Å²) in [7, 11) is 0. The van der Waals surface area contributed by atoms with Crippen LogP contribution in [0.25, 0.3) is 10.8 Å². The predicted molar refractivity (Wildman–Crippen MR) is 59.0 cm³/mol. The van der Waals surface area contributed by atoms with Crippen molar-refractivity contribution in [2.24, 2.45) is 0 Å². The van der Waals surface area contributed by atoms with Crippen molar-refractivity contribution >= 4 is 22.7 Å². The first-order chi connectivity index (χ1) is 7.58. The molecule has 0 aliphatic rings.